The molecule has 1 aromatic carbocycles. The summed E-state index contributed by atoms with van der Waals surface area (Å²) in [7, 11) is 0. The molecule has 0 spiro atoms. The van der Waals surface area contributed by atoms with E-state index in [0.717, 1.165) is 11.3 Å². The number of nitrogens with zero attached hydrogens (tertiary/aromatic N) is 2. The van der Waals surface area contributed by atoms with Crippen LogP contribution in [0.5, 0.6) is 0 Å². The Morgan fingerprint density at radius 2 is 2.31 bits per heavy atom. The van der Waals surface area contributed by atoms with Crippen molar-refractivity contribution in [3.63, 3.8) is 0 Å². The molecular formula is C12H13N3O. The number of benzene rings is 1. The normalized spacial score (nSPS) is 19.9. The monoisotopic (exact) mass is 215 g/mol. The van der Waals surface area contributed by atoms with Crippen molar-refractivity contribution in [2.24, 2.45) is 5.73 Å². The maximum Gasteiger partial charge on any atom is 0.243 e. The summed E-state index contributed by atoms with van der Waals surface area (Å²) in [5.41, 5.74) is 8.02. The predicted molar refractivity (Wildman–Crippen MR) is 60.8 cm³/mol. The lowest BCUT2D eigenvalue weighted by atomic mass is 10.1. The fourth-order valence-corrected chi connectivity index (χ4v) is 1.91. The molecule has 0 aromatic heterocycles. The van der Waals surface area contributed by atoms with E-state index < -0.39 is 6.04 Å². The van der Waals surface area contributed by atoms with E-state index in [1.54, 1.807) is 17.0 Å². The zero-order chi connectivity index (χ0) is 11.7. The summed E-state index contributed by atoms with van der Waals surface area (Å²) in [5.74, 6) is -0.0572. The van der Waals surface area contributed by atoms with Crippen LogP contribution in [0.1, 0.15) is 17.5 Å². The number of hydrogen-bond acceptors (Lipinski definition) is 3. The summed E-state index contributed by atoms with van der Waals surface area (Å²) in [5, 5.41) is 8.84. The highest BCUT2D eigenvalue weighted by atomic mass is 16.2. The molecule has 1 aliphatic rings. The third-order valence-corrected chi connectivity index (χ3v) is 2.88. The molecule has 4 nitrogen and oxygen atoms in total. The number of anilines is 1. The van der Waals surface area contributed by atoms with Gasteiger partial charge < -0.3 is 10.6 Å². The predicted octanol–water partition coefficient (Wildman–Crippen LogP) is 0.931. The van der Waals surface area contributed by atoms with Gasteiger partial charge in [0.2, 0.25) is 5.91 Å². The van der Waals surface area contributed by atoms with Gasteiger partial charge in [0.15, 0.2) is 0 Å². The SMILES string of the molecule is Cc1ccc(C#N)cc1N1CCC(N)C1=O. The first-order valence-corrected chi connectivity index (χ1v) is 5.21. The second kappa shape index (κ2) is 3.95. The molecule has 2 N–H and O–H groups in total. The molecule has 1 unspecified atom stereocenters. The van der Waals surface area contributed by atoms with Gasteiger partial charge in [-0.2, -0.15) is 5.26 Å². The van der Waals surface area contributed by atoms with Gasteiger partial charge in [-0.15, -0.1) is 0 Å². The smallest absolute Gasteiger partial charge is 0.243 e. The minimum atomic E-state index is -0.398. The first-order chi connectivity index (χ1) is 7.63. The Bertz CT molecular complexity index is 476. The summed E-state index contributed by atoms with van der Waals surface area (Å²) >= 11 is 0. The van der Waals surface area contributed by atoms with Crippen molar-refractivity contribution >= 4 is 11.6 Å². The van der Waals surface area contributed by atoms with E-state index in [1.165, 1.54) is 0 Å². The quantitative estimate of drug-likeness (QED) is 0.757. The van der Waals surface area contributed by atoms with Crippen molar-refractivity contribution in [1.29, 1.82) is 5.26 Å². The van der Waals surface area contributed by atoms with Crippen molar-refractivity contribution < 1.29 is 4.79 Å². The van der Waals surface area contributed by atoms with Crippen LogP contribution in [0.15, 0.2) is 18.2 Å². The summed E-state index contributed by atoms with van der Waals surface area (Å²) in [6.45, 7) is 2.56. The van der Waals surface area contributed by atoms with E-state index in [1.807, 2.05) is 13.0 Å². The van der Waals surface area contributed by atoms with Gasteiger partial charge in [0.05, 0.1) is 17.7 Å². The van der Waals surface area contributed by atoms with Crippen LogP contribution >= 0.6 is 0 Å². The summed E-state index contributed by atoms with van der Waals surface area (Å²) in [6.07, 6.45) is 0.676. The Balaban J connectivity index is 2.41. The molecule has 2 rings (SSSR count). The Morgan fingerprint density at radius 3 is 2.88 bits per heavy atom. The molecule has 4 heteroatoms. The molecule has 1 fully saturated rings. The average molecular weight is 215 g/mol. The molecule has 1 heterocycles. The second-order valence-corrected chi connectivity index (χ2v) is 4.00. The zero-order valence-electron chi connectivity index (χ0n) is 9.10. The van der Waals surface area contributed by atoms with Crippen LogP contribution in [0, 0.1) is 18.3 Å². The molecule has 1 amide bonds. The van der Waals surface area contributed by atoms with Crippen LogP contribution in [0.3, 0.4) is 0 Å². The second-order valence-electron chi connectivity index (χ2n) is 4.00. The highest BCUT2D eigenvalue weighted by Crippen LogP contribution is 2.25. The van der Waals surface area contributed by atoms with Crippen LogP contribution < -0.4 is 10.6 Å². The van der Waals surface area contributed by atoms with Crippen LogP contribution in [0.25, 0.3) is 0 Å². The molecule has 1 aromatic rings. The Morgan fingerprint density at radius 1 is 1.56 bits per heavy atom. The molecule has 1 saturated heterocycles. The van der Waals surface area contributed by atoms with Crippen LogP contribution in [0.2, 0.25) is 0 Å². The largest absolute Gasteiger partial charge is 0.320 e. The molecule has 16 heavy (non-hydrogen) atoms. The third kappa shape index (κ3) is 1.66. The Hall–Kier alpha value is -1.86. The number of nitriles is 1. The maximum atomic E-state index is 11.8. The number of hydrogen-bond donors (Lipinski definition) is 1. The van der Waals surface area contributed by atoms with Crippen molar-refractivity contribution in [1.82, 2.24) is 0 Å². The van der Waals surface area contributed by atoms with Gasteiger partial charge in [0.25, 0.3) is 0 Å². The van der Waals surface area contributed by atoms with Gasteiger partial charge in [-0.3, -0.25) is 4.79 Å². The van der Waals surface area contributed by atoms with E-state index in [-0.39, 0.29) is 5.91 Å². The number of carbonyl (C=O) groups excluding carboxylic acids is 1. The minimum Gasteiger partial charge on any atom is -0.320 e. The molecule has 0 saturated carbocycles. The highest BCUT2D eigenvalue weighted by molar-refractivity contribution is 5.99. The van der Waals surface area contributed by atoms with Crippen LogP contribution in [-0.2, 0) is 4.79 Å². The lowest BCUT2D eigenvalue weighted by Gasteiger charge is -2.18. The lowest BCUT2D eigenvalue weighted by Crippen LogP contribution is -2.34. The summed E-state index contributed by atoms with van der Waals surface area (Å²) in [6, 6.07) is 7.02. The fraction of sp³-hybridized carbons (Fsp3) is 0.333. The first kappa shape index (κ1) is 10.7. The Labute approximate surface area is 94.3 Å². The van der Waals surface area contributed by atoms with E-state index in [0.29, 0.717) is 18.5 Å². The standard InChI is InChI=1S/C12H13N3O/c1-8-2-3-9(7-13)6-11(8)15-5-4-10(14)12(15)16/h2-3,6,10H,4-5,14H2,1H3. The van der Waals surface area contributed by atoms with Crippen molar-refractivity contribution in [3.8, 4) is 6.07 Å². The van der Waals surface area contributed by atoms with Gasteiger partial charge in [-0.1, -0.05) is 6.07 Å². The lowest BCUT2D eigenvalue weighted by molar-refractivity contribution is -0.118. The van der Waals surface area contributed by atoms with Crippen LogP contribution in [0.4, 0.5) is 5.69 Å². The molecule has 0 bridgehead atoms. The molecule has 1 atom stereocenters. The number of carbonyl (C=O) groups is 1. The topological polar surface area (TPSA) is 70.1 Å². The molecular weight excluding hydrogens is 202 g/mol. The van der Waals surface area contributed by atoms with Gasteiger partial charge in [0, 0.05) is 12.2 Å². The summed E-state index contributed by atoms with van der Waals surface area (Å²) in [4.78, 5) is 13.4. The van der Waals surface area contributed by atoms with E-state index >= 15 is 0 Å². The number of rotatable bonds is 1. The molecule has 0 aliphatic carbocycles. The first-order valence-electron chi connectivity index (χ1n) is 5.21. The van der Waals surface area contributed by atoms with Crippen molar-refractivity contribution in [2.45, 2.75) is 19.4 Å². The van der Waals surface area contributed by atoms with E-state index in [2.05, 4.69) is 6.07 Å². The summed E-state index contributed by atoms with van der Waals surface area (Å²) < 4.78 is 0. The third-order valence-electron chi connectivity index (χ3n) is 2.88. The average Bonchev–Trinajstić information content (AvgIpc) is 2.61. The number of amides is 1. The van der Waals surface area contributed by atoms with Gasteiger partial charge in [0.1, 0.15) is 0 Å². The minimum absolute atomic E-state index is 0.0572. The maximum absolute atomic E-state index is 11.8. The van der Waals surface area contributed by atoms with E-state index in [9.17, 15) is 4.79 Å². The van der Waals surface area contributed by atoms with Crippen LogP contribution in [-0.4, -0.2) is 18.5 Å². The van der Waals surface area contributed by atoms with Gasteiger partial charge in [-0.05, 0) is 31.0 Å². The number of aryl methyl sites for hydroxylation is 1. The molecule has 82 valence electrons. The highest BCUT2D eigenvalue weighted by Gasteiger charge is 2.30. The van der Waals surface area contributed by atoms with Gasteiger partial charge >= 0.3 is 0 Å². The fourth-order valence-electron chi connectivity index (χ4n) is 1.91. The number of nitrogens with two attached hydrogens (primary N) is 1. The van der Waals surface area contributed by atoms with Crippen molar-refractivity contribution in [2.75, 3.05) is 11.4 Å². The van der Waals surface area contributed by atoms with E-state index in [4.69, 9.17) is 11.0 Å². The van der Waals surface area contributed by atoms with Crippen molar-refractivity contribution in [3.05, 3.63) is 29.3 Å². The Kier molecular flexibility index (Phi) is 2.63. The molecule has 0 radical (unpaired) electrons. The zero-order valence-corrected chi connectivity index (χ0v) is 9.10. The van der Waals surface area contributed by atoms with Gasteiger partial charge in [-0.25, -0.2) is 0 Å². The molecule has 1 aliphatic heterocycles.